The maximum absolute atomic E-state index is 13.4. The van der Waals surface area contributed by atoms with Crippen LogP contribution in [0.2, 0.25) is 0 Å². The first-order valence-electron chi connectivity index (χ1n) is 10.6. The number of carbonyl (C=O) groups excluding carboxylic acids is 1. The Labute approximate surface area is 173 Å². The number of likely N-dealkylation sites (tertiary alicyclic amines) is 1. The Morgan fingerprint density at radius 3 is 2.60 bits per heavy atom. The number of rotatable bonds is 2. The largest absolute Gasteiger partial charge is 0.416 e. The predicted octanol–water partition coefficient (Wildman–Crippen LogP) is 3.73. The zero-order valence-corrected chi connectivity index (χ0v) is 16.6. The van der Waals surface area contributed by atoms with Crippen molar-refractivity contribution in [2.45, 2.75) is 44.3 Å². The molecule has 1 aromatic carbocycles. The van der Waals surface area contributed by atoms with E-state index >= 15 is 0 Å². The molecule has 1 saturated carbocycles. The summed E-state index contributed by atoms with van der Waals surface area (Å²) in [5.41, 5.74) is 2.38. The molecule has 2 unspecified atom stereocenters. The number of aromatic amines is 1. The van der Waals surface area contributed by atoms with Gasteiger partial charge >= 0.3 is 6.18 Å². The van der Waals surface area contributed by atoms with Gasteiger partial charge in [0.15, 0.2) is 5.69 Å². The monoisotopic (exact) mass is 418 g/mol. The van der Waals surface area contributed by atoms with E-state index < -0.39 is 11.7 Å². The molecular formula is C22H25F3N4O. The number of fused-ring (bicyclic) bond motifs is 2. The number of hydrogen-bond acceptors (Lipinski definition) is 3. The molecule has 5 nitrogen and oxygen atoms in total. The Morgan fingerprint density at radius 2 is 1.87 bits per heavy atom. The number of halogens is 3. The van der Waals surface area contributed by atoms with Crippen molar-refractivity contribution in [1.82, 2.24) is 20.4 Å². The predicted molar refractivity (Wildman–Crippen MR) is 105 cm³/mol. The molecule has 3 heterocycles. The average Bonchev–Trinajstić information content (AvgIpc) is 3.36. The summed E-state index contributed by atoms with van der Waals surface area (Å²) < 4.78 is 40.2. The molecule has 0 radical (unpaired) electrons. The summed E-state index contributed by atoms with van der Waals surface area (Å²) in [6, 6.07) is 5.93. The van der Waals surface area contributed by atoms with Crippen molar-refractivity contribution in [2.24, 2.45) is 11.8 Å². The molecule has 2 aromatic rings. The molecule has 5 rings (SSSR count). The van der Waals surface area contributed by atoms with Crippen LogP contribution in [0.5, 0.6) is 0 Å². The molecular weight excluding hydrogens is 393 g/mol. The zero-order chi connectivity index (χ0) is 20.9. The third-order valence-corrected chi connectivity index (χ3v) is 6.98. The Kier molecular flexibility index (Phi) is 4.84. The summed E-state index contributed by atoms with van der Waals surface area (Å²) in [5.74, 6) is 0.339. The number of aromatic nitrogens is 2. The lowest BCUT2D eigenvalue weighted by atomic mass is 9.91. The van der Waals surface area contributed by atoms with Crippen LogP contribution in [0.15, 0.2) is 24.3 Å². The lowest BCUT2D eigenvalue weighted by Gasteiger charge is -2.21. The standard InChI is InChI=1S/C22H25F3N4O/c23-22(24,25)18-5-2-1-4-16(18)13-8-14-11-29(12-15(14)9-13)21(30)20-17-10-26-7-3-6-19(17)27-28-20/h1-2,4-5,13-15,26H,3,6-12H2,(H,27,28). The first-order valence-corrected chi connectivity index (χ1v) is 10.6. The summed E-state index contributed by atoms with van der Waals surface area (Å²) in [6.45, 7) is 2.77. The van der Waals surface area contributed by atoms with Gasteiger partial charge in [0.1, 0.15) is 0 Å². The van der Waals surface area contributed by atoms with Crippen LogP contribution in [-0.4, -0.2) is 40.6 Å². The molecule has 0 bridgehead atoms. The van der Waals surface area contributed by atoms with Crippen LogP contribution in [0, 0.1) is 11.8 Å². The number of alkyl halides is 3. The van der Waals surface area contributed by atoms with Crippen LogP contribution < -0.4 is 5.32 Å². The van der Waals surface area contributed by atoms with Gasteiger partial charge in [0, 0.05) is 30.9 Å². The molecule has 0 spiro atoms. The summed E-state index contributed by atoms with van der Waals surface area (Å²) in [7, 11) is 0. The molecule has 2 aliphatic heterocycles. The van der Waals surface area contributed by atoms with Crippen molar-refractivity contribution >= 4 is 5.91 Å². The van der Waals surface area contributed by atoms with E-state index in [4.69, 9.17) is 0 Å². The minimum atomic E-state index is -4.33. The fourth-order valence-electron chi connectivity index (χ4n) is 5.56. The van der Waals surface area contributed by atoms with E-state index in [-0.39, 0.29) is 23.7 Å². The number of nitrogens with one attached hydrogen (secondary N) is 2. The molecule has 160 valence electrons. The Bertz CT molecular complexity index is 940. The Balaban J connectivity index is 1.29. The SMILES string of the molecule is O=C(c1n[nH]c2c1CNCCC2)N1CC2CC(c3ccccc3C(F)(F)F)CC2C1. The zero-order valence-electron chi connectivity index (χ0n) is 16.6. The minimum Gasteiger partial charge on any atom is -0.337 e. The van der Waals surface area contributed by atoms with Crippen LogP contribution >= 0.6 is 0 Å². The van der Waals surface area contributed by atoms with Gasteiger partial charge in [0.25, 0.3) is 5.91 Å². The van der Waals surface area contributed by atoms with Crippen molar-refractivity contribution in [3.05, 3.63) is 52.3 Å². The van der Waals surface area contributed by atoms with Crippen LogP contribution in [0.1, 0.15) is 58.1 Å². The van der Waals surface area contributed by atoms with Crippen LogP contribution in [-0.2, 0) is 19.1 Å². The van der Waals surface area contributed by atoms with Gasteiger partial charge in [0.2, 0.25) is 0 Å². The summed E-state index contributed by atoms with van der Waals surface area (Å²) in [6.07, 6.45) is -1.04. The highest BCUT2D eigenvalue weighted by molar-refractivity contribution is 5.94. The maximum atomic E-state index is 13.4. The van der Waals surface area contributed by atoms with Crippen molar-refractivity contribution in [1.29, 1.82) is 0 Å². The van der Waals surface area contributed by atoms with E-state index in [0.717, 1.165) is 30.6 Å². The summed E-state index contributed by atoms with van der Waals surface area (Å²) in [5, 5.41) is 10.7. The molecule has 8 heteroatoms. The molecule has 2 atom stereocenters. The first kappa shape index (κ1) is 19.6. The molecule has 1 amide bonds. The van der Waals surface area contributed by atoms with Crippen LogP contribution in [0.4, 0.5) is 13.2 Å². The molecule has 1 saturated heterocycles. The quantitative estimate of drug-likeness (QED) is 0.781. The molecule has 2 fully saturated rings. The van der Waals surface area contributed by atoms with Crippen LogP contribution in [0.25, 0.3) is 0 Å². The first-order chi connectivity index (χ1) is 14.4. The summed E-state index contributed by atoms with van der Waals surface area (Å²) >= 11 is 0. The number of aryl methyl sites for hydroxylation is 1. The number of amides is 1. The lowest BCUT2D eigenvalue weighted by Crippen LogP contribution is -2.31. The van der Waals surface area contributed by atoms with Crippen molar-refractivity contribution < 1.29 is 18.0 Å². The molecule has 3 aliphatic rings. The van der Waals surface area contributed by atoms with Crippen molar-refractivity contribution in [2.75, 3.05) is 19.6 Å². The number of H-pyrrole nitrogens is 1. The van der Waals surface area contributed by atoms with Gasteiger partial charge in [-0.15, -0.1) is 0 Å². The van der Waals surface area contributed by atoms with Gasteiger partial charge in [-0.05, 0) is 61.6 Å². The van der Waals surface area contributed by atoms with Gasteiger partial charge in [-0.25, -0.2) is 0 Å². The highest BCUT2D eigenvalue weighted by Crippen LogP contribution is 2.49. The maximum Gasteiger partial charge on any atom is 0.416 e. The smallest absolute Gasteiger partial charge is 0.337 e. The topological polar surface area (TPSA) is 61.0 Å². The van der Waals surface area contributed by atoms with E-state index in [0.29, 0.717) is 43.7 Å². The van der Waals surface area contributed by atoms with Gasteiger partial charge < -0.3 is 10.2 Å². The van der Waals surface area contributed by atoms with Gasteiger partial charge in [0.05, 0.1) is 5.56 Å². The molecule has 1 aliphatic carbocycles. The third-order valence-electron chi connectivity index (χ3n) is 6.98. The van der Waals surface area contributed by atoms with Crippen molar-refractivity contribution in [3.63, 3.8) is 0 Å². The van der Waals surface area contributed by atoms with Gasteiger partial charge in [-0.3, -0.25) is 9.89 Å². The van der Waals surface area contributed by atoms with E-state index in [1.54, 1.807) is 12.1 Å². The Hall–Kier alpha value is -2.35. The van der Waals surface area contributed by atoms with E-state index in [9.17, 15) is 18.0 Å². The number of hydrogen-bond donors (Lipinski definition) is 2. The second-order valence-corrected chi connectivity index (χ2v) is 8.79. The van der Waals surface area contributed by atoms with Gasteiger partial charge in [-0.1, -0.05) is 18.2 Å². The second-order valence-electron chi connectivity index (χ2n) is 8.79. The minimum absolute atomic E-state index is 0.0576. The fourth-order valence-corrected chi connectivity index (χ4v) is 5.56. The fraction of sp³-hybridized carbons (Fsp3) is 0.545. The number of nitrogens with zero attached hydrogens (tertiary/aromatic N) is 2. The molecule has 30 heavy (non-hydrogen) atoms. The molecule has 1 aromatic heterocycles. The van der Waals surface area contributed by atoms with E-state index in [1.165, 1.54) is 12.1 Å². The van der Waals surface area contributed by atoms with Gasteiger partial charge in [-0.2, -0.15) is 18.3 Å². The number of carbonyl (C=O) groups is 1. The summed E-state index contributed by atoms with van der Waals surface area (Å²) in [4.78, 5) is 15.0. The van der Waals surface area contributed by atoms with E-state index in [2.05, 4.69) is 15.5 Å². The average molecular weight is 418 g/mol. The third kappa shape index (κ3) is 3.41. The number of benzene rings is 1. The van der Waals surface area contributed by atoms with Crippen LogP contribution in [0.3, 0.4) is 0 Å². The molecule has 2 N–H and O–H groups in total. The van der Waals surface area contributed by atoms with Crippen molar-refractivity contribution in [3.8, 4) is 0 Å². The normalized spacial score (nSPS) is 26.4. The Morgan fingerprint density at radius 1 is 1.13 bits per heavy atom. The highest BCUT2D eigenvalue weighted by atomic mass is 19.4. The van der Waals surface area contributed by atoms with E-state index in [1.807, 2.05) is 4.90 Å². The second kappa shape index (κ2) is 7.41. The highest BCUT2D eigenvalue weighted by Gasteiger charge is 2.45. The lowest BCUT2D eigenvalue weighted by molar-refractivity contribution is -0.138.